The Kier molecular flexibility index (Phi) is 4.14. The van der Waals surface area contributed by atoms with Crippen LogP contribution in [-0.2, 0) is 0 Å². The molecule has 0 fully saturated rings. The van der Waals surface area contributed by atoms with E-state index in [-0.39, 0.29) is 0 Å². The van der Waals surface area contributed by atoms with E-state index in [1.165, 1.54) is 15.4 Å². The number of hydrogen-bond donors (Lipinski definition) is 0. The van der Waals surface area contributed by atoms with Gasteiger partial charge >= 0.3 is 0 Å². The molecular formula is C15H15ClS. The largest absolute Gasteiger partial charge is 0.0898 e. The molecule has 0 atom stereocenters. The molecule has 0 aliphatic rings. The maximum absolute atomic E-state index is 5.89. The van der Waals surface area contributed by atoms with Crippen LogP contribution in [0.3, 0.4) is 0 Å². The van der Waals surface area contributed by atoms with Crippen LogP contribution in [0.1, 0.15) is 25.3 Å². The topological polar surface area (TPSA) is 0 Å². The molecule has 2 heteroatoms. The molecule has 0 amide bonds. The first-order chi connectivity index (χ1) is 8.16. The van der Waals surface area contributed by atoms with E-state index in [1.54, 1.807) is 11.8 Å². The van der Waals surface area contributed by atoms with Gasteiger partial charge in [-0.25, -0.2) is 0 Å². The van der Waals surface area contributed by atoms with E-state index >= 15 is 0 Å². The van der Waals surface area contributed by atoms with E-state index in [0.717, 1.165) is 5.02 Å². The Morgan fingerprint density at radius 2 is 1.59 bits per heavy atom. The second-order valence-electron chi connectivity index (χ2n) is 4.25. The number of benzene rings is 2. The zero-order chi connectivity index (χ0) is 12.3. The van der Waals surface area contributed by atoms with E-state index in [4.69, 9.17) is 11.6 Å². The molecule has 17 heavy (non-hydrogen) atoms. The summed E-state index contributed by atoms with van der Waals surface area (Å²) in [7, 11) is 0. The first kappa shape index (κ1) is 12.5. The van der Waals surface area contributed by atoms with Crippen LogP contribution < -0.4 is 0 Å². The van der Waals surface area contributed by atoms with E-state index in [1.807, 2.05) is 12.1 Å². The highest BCUT2D eigenvalue weighted by molar-refractivity contribution is 7.99. The fourth-order valence-electron chi connectivity index (χ4n) is 1.68. The molecule has 0 radical (unpaired) electrons. The van der Waals surface area contributed by atoms with Crippen molar-refractivity contribution in [3.63, 3.8) is 0 Å². The maximum atomic E-state index is 5.89. The van der Waals surface area contributed by atoms with Gasteiger partial charge in [-0.1, -0.05) is 55.4 Å². The van der Waals surface area contributed by atoms with Gasteiger partial charge in [-0.15, -0.1) is 0 Å². The zero-order valence-electron chi connectivity index (χ0n) is 9.98. The van der Waals surface area contributed by atoms with Gasteiger partial charge in [0.25, 0.3) is 0 Å². The molecule has 0 saturated carbocycles. The van der Waals surface area contributed by atoms with Crippen molar-refractivity contribution in [1.29, 1.82) is 0 Å². The van der Waals surface area contributed by atoms with Gasteiger partial charge in [0, 0.05) is 14.8 Å². The molecule has 0 bridgehead atoms. The van der Waals surface area contributed by atoms with Crippen molar-refractivity contribution in [3.05, 3.63) is 59.1 Å². The Hall–Kier alpha value is -0.920. The third kappa shape index (κ3) is 3.27. The molecule has 2 aromatic carbocycles. The standard InChI is InChI=1S/C15H15ClS/c1-11(2)14-5-3-4-6-15(14)17-13-9-7-12(16)8-10-13/h3-11H,1-2H3. The summed E-state index contributed by atoms with van der Waals surface area (Å²) in [6, 6.07) is 16.5. The zero-order valence-corrected chi connectivity index (χ0v) is 11.6. The predicted octanol–water partition coefficient (Wildman–Crippen LogP) is 5.61. The lowest BCUT2D eigenvalue weighted by atomic mass is 10.0. The lowest BCUT2D eigenvalue weighted by molar-refractivity contribution is 0.842. The van der Waals surface area contributed by atoms with Gasteiger partial charge in [0.15, 0.2) is 0 Å². The molecule has 2 aromatic rings. The summed E-state index contributed by atoms with van der Waals surface area (Å²) in [5, 5.41) is 0.784. The smallest absolute Gasteiger partial charge is 0.0406 e. The highest BCUT2D eigenvalue weighted by atomic mass is 35.5. The fraction of sp³-hybridized carbons (Fsp3) is 0.200. The van der Waals surface area contributed by atoms with Gasteiger partial charge in [0.2, 0.25) is 0 Å². The quantitative estimate of drug-likeness (QED) is 0.692. The Morgan fingerprint density at radius 1 is 0.941 bits per heavy atom. The number of rotatable bonds is 3. The third-order valence-corrected chi connectivity index (χ3v) is 3.93. The third-order valence-electron chi connectivity index (χ3n) is 2.58. The summed E-state index contributed by atoms with van der Waals surface area (Å²) < 4.78 is 0. The van der Waals surface area contributed by atoms with E-state index < -0.39 is 0 Å². The first-order valence-electron chi connectivity index (χ1n) is 5.69. The van der Waals surface area contributed by atoms with Crippen molar-refractivity contribution < 1.29 is 0 Å². The van der Waals surface area contributed by atoms with Crippen LogP contribution in [0, 0.1) is 0 Å². The van der Waals surface area contributed by atoms with Crippen molar-refractivity contribution in [2.75, 3.05) is 0 Å². The summed E-state index contributed by atoms with van der Waals surface area (Å²) in [5.74, 6) is 0.547. The molecule has 0 nitrogen and oxygen atoms in total. The second-order valence-corrected chi connectivity index (χ2v) is 5.80. The molecule has 88 valence electrons. The minimum absolute atomic E-state index is 0.547. The number of hydrogen-bond acceptors (Lipinski definition) is 1. The summed E-state index contributed by atoms with van der Waals surface area (Å²) in [5.41, 5.74) is 1.40. The molecule has 0 heterocycles. The maximum Gasteiger partial charge on any atom is 0.0406 e. The Labute approximate surface area is 112 Å². The van der Waals surface area contributed by atoms with Gasteiger partial charge in [-0.2, -0.15) is 0 Å². The predicted molar refractivity (Wildman–Crippen MR) is 76.1 cm³/mol. The van der Waals surface area contributed by atoms with E-state index in [2.05, 4.69) is 50.2 Å². The van der Waals surface area contributed by atoms with Crippen molar-refractivity contribution in [1.82, 2.24) is 0 Å². The second kappa shape index (κ2) is 5.61. The van der Waals surface area contributed by atoms with Crippen LogP contribution in [0.15, 0.2) is 58.3 Å². The number of halogens is 1. The molecule has 0 aliphatic heterocycles. The monoisotopic (exact) mass is 262 g/mol. The molecule has 0 aliphatic carbocycles. The highest BCUT2D eigenvalue weighted by Crippen LogP contribution is 2.34. The van der Waals surface area contributed by atoms with E-state index in [9.17, 15) is 0 Å². The van der Waals surface area contributed by atoms with Gasteiger partial charge in [-0.3, -0.25) is 0 Å². The van der Waals surface area contributed by atoms with Crippen molar-refractivity contribution in [3.8, 4) is 0 Å². The average molecular weight is 263 g/mol. The minimum atomic E-state index is 0.547. The van der Waals surface area contributed by atoms with Crippen LogP contribution in [0.5, 0.6) is 0 Å². The first-order valence-corrected chi connectivity index (χ1v) is 6.88. The molecule has 0 spiro atoms. The van der Waals surface area contributed by atoms with Crippen LogP contribution in [0.25, 0.3) is 0 Å². The van der Waals surface area contributed by atoms with Crippen LogP contribution in [-0.4, -0.2) is 0 Å². The Balaban J connectivity index is 2.26. The van der Waals surface area contributed by atoms with Crippen LogP contribution >= 0.6 is 23.4 Å². The van der Waals surface area contributed by atoms with Crippen LogP contribution in [0.2, 0.25) is 5.02 Å². The summed E-state index contributed by atoms with van der Waals surface area (Å²) in [4.78, 5) is 2.55. The molecule has 0 N–H and O–H groups in total. The van der Waals surface area contributed by atoms with Gasteiger partial charge in [0.1, 0.15) is 0 Å². The lowest BCUT2D eigenvalue weighted by Crippen LogP contribution is -1.89. The molecule has 0 unspecified atom stereocenters. The van der Waals surface area contributed by atoms with Gasteiger partial charge in [-0.05, 0) is 41.8 Å². The van der Waals surface area contributed by atoms with Gasteiger partial charge < -0.3 is 0 Å². The Morgan fingerprint density at radius 3 is 2.24 bits per heavy atom. The van der Waals surface area contributed by atoms with Crippen LogP contribution in [0.4, 0.5) is 0 Å². The molecule has 0 aromatic heterocycles. The SMILES string of the molecule is CC(C)c1ccccc1Sc1ccc(Cl)cc1. The molecule has 2 rings (SSSR count). The van der Waals surface area contributed by atoms with Crippen molar-refractivity contribution >= 4 is 23.4 Å². The van der Waals surface area contributed by atoms with Crippen molar-refractivity contribution in [2.45, 2.75) is 29.6 Å². The summed E-state index contributed by atoms with van der Waals surface area (Å²) in [6.45, 7) is 4.45. The lowest BCUT2D eigenvalue weighted by Gasteiger charge is -2.11. The minimum Gasteiger partial charge on any atom is -0.0898 e. The molecular weight excluding hydrogens is 248 g/mol. The Bertz CT molecular complexity index is 489. The fourth-order valence-corrected chi connectivity index (χ4v) is 2.90. The van der Waals surface area contributed by atoms with Gasteiger partial charge in [0.05, 0.1) is 0 Å². The molecule has 0 saturated heterocycles. The summed E-state index contributed by atoms with van der Waals surface area (Å²) >= 11 is 7.68. The van der Waals surface area contributed by atoms with Crippen molar-refractivity contribution in [2.24, 2.45) is 0 Å². The normalized spacial score (nSPS) is 10.8. The highest BCUT2D eigenvalue weighted by Gasteiger charge is 2.06. The average Bonchev–Trinajstić information content (AvgIpc) is 2.32. The van der Waals surface area contributed by atoms with E-state index in [0.29, 0.717) is 5.92 Å². The summed E-state index contributed by atoms with van der Waals surface area (Å²) in [6.07, 6.45) is 0.